The number of carbonyl (C=O) groups excluding carboxylic acids is 1. The summed E-state index contributed by atoms with van der Waals surface area (Å²) in [6, 6.07) is 0.0149. The molecule has 0 amide bonds. The maximum atomic E-state index is 12.6. The first-order chi connectivity index (χ1) is 11.0. The van der Waals surface area contributed by atoms with E-state index in [0.29, 0.717) is 5.76 Å². The maximum absolute atomic E-state index is 12.6. The Morgan fingerprint density at radius 2 is 2.26 bits per heavy atom. The minimum Gasteiger partial charge on any atom is -0.493 e. The highest BCUT2D eigenvalue weighted by molar-refractivity contribution is 5.97. The first-order valence-corrected chi connectivity index (χ1v) is 8.31. The van der Waals surface area contributed by atoms with E-state index >= 15 is 0 Å². The minimum absolute atomic E-state index is 0.0149. The van der Waals surface area contributed by atoms with Crippen LogP contribution < -0.4 is 0 Å². The SMILES string of the molecule is COC1=C2OC3C(=O)C=CC4(O)C5CC(C=C1)C2C34CCN5C. The second-order valence-corrected chi connectivity index (χ2v) is 7.51. The van der Waals surface area contributed by atoms with Crippen LogP contribution in [0.5, 0.6) is 0 Å². The van der Waals surface area contributed by atoms with Crippen molar-refractivity contribution in [2.75, 3.05) is 20.7 Å². The van der Waals surface area contributed by atoms with Gasteiger partial charge in [-0.25, -0.2) is 0 Å². The van der Waals surface area contributed by atoms with Crippen LogP contribution in [-0.2, 0) is 14.3 Å². The quantitative estimate of drug-likeness (QED) is 0.782. The summed E-state index contributed by atoms with van der Waals surface area (Å²) in [5, 5.41) is 11.7. The third-order valence-electron chi connectivity index (χ3n) is 6.86. The van der Waals surface area contributed by atoms with E-state index in [4.69, 9.17) is 9.47 Å². The molecule has 1 saturated carbocycles. The molecule has 0 aromatic rings. The van der Waals surface area contributed by atoms with E-state index in [1.807, 2.05) is 6.08 Å². The molecular weight excluding hydrogens is 294 g/mol. The van der Waals surface area contributed by atoms with Crippen molar-refractivity contribution in [1.29, 1.82) is 0 Å². The Kier molecular flexibility index (Phi) is 2.45. The van der Waals surface area contributed by atoms with Crippen LogP contribution >= 0.6 is 0 Å². The standard InChI is InChI=1S/C18H21NO4/c1-19-8-7-17-14-10-3-4-12(22-2)15(14)23-16(17)11(20)5-6-18(17,21)13(19)9-10/h3-6,10,13-14,16,21H,7-9H2,1-2H3. The van der Waals surface area contributed by atoms with Crippen LogP contribution in [0, 0.1) is 17.3 Å². The molecule has 6 atom stereocenters. The van der Waals surface area contributed by atoms with E-state index < -0.39 is 17.1 Å². The largest absolute Gasteiger partial charge is 0.493 e. The van der Waals surface area contributed by atoms with E-state index in [0.717, 1.165) is 25.1 Å². The monoisotopic (exact) mass is 315 g/mol. The molecule has 5 heteroatoms. The molecule has 5 aliphatic rings. The van der Waals surface area contributed by atoms with Gasteiger partial charge in [0.15, 0.2) is 17.6 Å². The number of hydrogen-bond acceptors (Lipinski definition) is 5. The Morgan fingerprint density at radius 3 is 3.04 bits per heavy atom. The number of carbonyl (C=O) groups is 1. The number of ether oxygens (including phenoxy) is 2. The number of rotatable bonds is 1. The van der Waals surface area contributed by atoms with Crippen molar-refractivity contribution in [3.63, 3.8) is 0 Å². The zero-order chi connectivity index (χ0) is 16.0. The lowest BCUT2D eigenvalue weighted by Crippen LogP contribution is -2.74. The zero-order valence-corrected chi connectivity index (χ0v) is 13.4. The summed E-state index contributed by atoms with van der Waals surface area (Å²) >= 11 is 0. The molecule has 3 aliphatic carbocycles. The predicted molar refractivity (Wildman–Crippen MR) is 82.2 cm³/mol. The Labute approximate surface area is 135 Å². The van der Waals surface area contributed by atoms with E-state index in [-0.39, 0.29) is 23.7 Å². The average molecular weight is 315 g/mol. The van der Waals surface area contributed by atoms with E-state index in [9.17, 15) is 9.90 Å². The van der Waals surface area contributed by atoms with Gasteiger partial charge in [-0.05, 0) is 50.6 Å². The molecular formula is C18H21NO4. The molecule has 0 aromatic carbocycles. The van der Waals surface area contributed by atoms with E-state index in [1.165, 1.54) is 6.08 Å². The number of ketones is 1. The van der Waals surface area contributed by atoms with Gasteiger partial charge in [-0.1, -0.05) is 6.08 Å². The number of allylic oxidation sites excluding steroid dienone is 3. The molecule has 1 spiro atoms. The van der Waals surface area contributed by atoms with E-state index in [1.54, 1.807) is 13.2 Å². The molecule has 122 valence electrons. The van der Waals surface area contributed by atoms with Crippen LogP contribution in [0.3, 0.4) is 0 Å². The molecule has 5 rings (SSSR count). The lowest BCUT2D eigenvalue weighted by Gasteiger charge is -2.63. The van der Waals surface area contributed by atoms with Gasteiger partial charge in [-0.15, -0.1) is 0 Å². The molecule has 2 aliphatic heterocycles. The molecule has 23 heavy (non-hydrogen) atoms. The predicted octanol–water partition coefficient (Wildman–Crippen LogP) is 1.01. The Bertz CT molecular complexity index is 695. The fraction of sp³-hybridized carbons (Fsp3) is 0.611. The van der Waals surface area contributed by atoms with E-state index in [2.05, 4.69) is 18.0 Å². The molecule has 1 N–H and O–H groups in total. The van der Waals surface area contributed by atoms with Gasteiger partial charge in [-0.2, -0.15) is 0 Å². The molecule has 5 nitrogen and oxygen atoms in total. The second-order valence-electron chi connectivity index (χ2n) is 7.51. The molecule has 0 aromatic heterocycles. The third kappa shape index (κ3) is 1.32. The second kappa shape index (κ2) is 4.08. The van der Waals surface area contributed by atoms with Crippen LogP contribution in [0.1, 0.15) is 12.8 Å². The first kappa shape index (κ1) is 13.8. The fourth-order valence-corrected chi connectivity index (χ4v) is 5.88. The van der Waals surface area contributed by atoms with Gasteiger partial charge in [-0.3, -0.25) is 4.79 Å². The minimum atomic E-state index is -1.02. The van der Waals surface area contributed by atoms with Crippen molar-refractivity contribution in [1.82, 2.24) is 4.90 Å². The average Bonchev–Trinajstić information content (AvgIpc) is 2.90. The van der Waals surface area contributed by atoms with Gasteiger partial charge in [0.25, 0.3) is 0 Å². The number of hydrogen-bond donors (Lipinski definition) is 1. The summed E-state index contributed by atoms with van der Waals surface area (Å²) in [6.07, 6.45) is 8.43. The number of methoxy groups -OCH3 is 1. The highest BCUT2D eigenvalue weighted by Crippen LogP contribution is 2.67. The summed E-state index contributed by atoms with van der Waals surface area (Å²) in [6.45, 7) is 0.872. The molecule has 2 heterocycles. The fourth-order valence-electron chi connectivity index (χ4n) is 5.88. The highest BCUT2D eigenvalue weighted by Gasteiger charge is 2.75. The smallest absolute Gasteiger partial charge is 0.196 e. The van der Waals surface area contributed by atoms with Crippen LogP contribution in [0.2, 0.25) is 0 Å². The van der Waals surface area contributed by atoms with Crippen molar-refractivity contribution in [2.45, 2.75) is 30.6 Å². The van der Waals surface area contributed by atoms with Crippen LogP contribution in [0.15, 0.2) is 35.8 Å². The molecule has 2 saturated heterocycles. The topological polar surface area (TPSA) is 59.0 Å². The van der Waals surface area contributed by atoms with Gasteiger partial charge in [0.1, 0.15) is 11.4 Å². The first-order valence-electron chi connectivity index (χ1n) is 8.31. The summed E-state index contributed by atoms with van der Waals surface area (Å²) in [5.41, 5.74) is -1.59. The Balaban J connectivity index is 1.79. The summed E-state index contributed by atoms with van der Waals surface area (Å²) in [5.74, 6) is 1.74. The summed E-state index contributed by atoms with van der Waals surface area (Å²) in [4.78, 5) is 14.8. The Hall–Kier alpha value is -1.59. The van der Waals surface area contributed by atoms with Gasteiger partial charge >= 0.3 is 0 Å². The van der Waals surface area contributed by atoms with Crippen LogP contribution in [0.4, 0.5) is 0 Å². The molecule has 0 radical (unpaired) electrons. The number of aliphatic hydroxyl groups is 1. The van der Waals surface area contributed by atoms with Crippen LogP contribution in [0.25, 0.3) is 0 Å². The zero-order valence-electron chi connectivity index (χ0n) is 13.4. The number of likely N-dealkylation sites (tertiary alicyclic amines) is 1. The molecule has 6 unspecified atom stereocenters. The summed E-state index contributed by atoms with van der Waals surface area (Å²) < 4.78 is 11.7. The molecule has 3 fully saturated rings. The maximum Gasteiger partial charge on any atom is 0.196 e. The third-order valence-corrected chi connectivity index (χ3v) is 6.86. The summed E-state index contributed by atoms with van der Waals surface area (Å²) in [7, 11) is 3.69. The van der Waals surface area contributed by atoms with Crippen molar-refractivity contribution >= 4 is 5.78 Å². The van der Waals surface area contributed by atoms with Gasteiger partial charge in [0, 0.05) is 12.0 Å². The van der Waals surface area contributed by atoms with Crippen molar-refractivity contribution in [3.8, 4) is 0 Å². The lowest BCUT2D eigenvalue weighted by molar-refractivity contribution is -0.205. The lowest BCUT2D eigenvalue weighted by atomic mass is 9.46. The number of nitrogens with zero attached hydrogens (tertiary/aromatic N) is 1. The number of piperidine rings is 1. The van der Waals surface area contributed by atoms with Crippen molar-refractivity contribution in [2.24, 2.45) is 17.3 Å². The number of likely N-dealkylation sites (N-methyl/N-ethyl adjacent to an activating group) is 1. The highest BCUT2D eigenvalue weighted by atomic mass is 16.5. The van der Waals surface area contributed by atoms with Crippen molar-refractivity contribution < 1.29 is 19.4 Å². The van der Waals surface area contributed by atoms with Crippen molar-refractivity contribution in [3.05, 3.63) is 35.8 Å². The molecule has 2 bridgehead atoms. The Morgan fingerprint density at radius 1 is 1.43 bits per heavy atom. The van der Waals surface area contributed by atoms with Crippen LogP contribution in [-0.4, -0.2) is 54.2 Å². The van der Waals surface area contributed by atoms with Gasteiger partial charge < -0.3 is 19.5 Å². The van der Waals surface area contributed by atoms with Gasteiger partial charge in [0.2, 0.25) is 0 Å². The normalized spacial score (nSPS) is 50.0. The van der Waals surface area contributed by atoms with Gasteiger partial charge in [0.05, 0.1) is 12.5 Å².